The average Bonchev–Trinajstić information content (AvgIpc) is 3.51. The van der Waals surface area contributed by atoms with Crippen LogP contribution in [0.15, 0.2) is 40.7 Å². The third kappa shape index (κ3) is 3.82. The number of halogens is 2. The van der Waals surface area contributed by atoms with Crippen LogP contribution < -0.4 is 9.75 Å². The molecular weight excluding hydrogens is 417 g/mol. The van der Waals surface area contributed by atoms with Gasteiger partial charge in [0.2, 0.25) is 11.5 Å². The highest BCUT2D eigenvalue weighted by Gasteiger charge is 2.32. The van der Waals surface area contributed by atoms with Gasteiger partial charge in [0.15, 0.2) is 11.5 Å². The molecule has 0 bridgehead atoms. The summed E-state index contributed by atoms with van der Waals surface area (Å²) in [5, 5.41) is 13.9. The summed E-state index contributed by atoms with van der Waals surface area (Å²) in [6, 6.07) is 4.49. The van der Waals surface area contributed by atoms with Crippen LogP contribution in [0, 0.1) is 17.2 Å². The van der Waals surface area contributed by atoms with Gasteiger partial charge in [-0.1, -0.05) is 23.2 Å². The van der Waals surface area contributed by atoms with Gasteiger partial charge in [-0.05, 0) is 43.0 Å². The summed E-state index contributed by atoms with van der Waals surface area (Å²) in [5.74, 6) is -0.190. The van der Waals surface area contributed by atoms with E-state index in [0.29, 0.717) is 11.7 Å². The topological polar surface area (TPSA) is 99.8 Å². The standard InChI is InChI=1S/C20H13Cl2N3O4/c21-14-5-11(25-19(28)8-18(27)16(9-23)24-25)6-15(22)20(14)29-12-3-4-17(26)13(7-12)10-1-2-10/h3,5-7,10H,1-2,4,8H2. The number of hydrazone groups is 1. The van der Waals surface area contributed by atoms with Gasteiger partial charge < -0.3 is 4.74 Å². The van der Waals surface area contributed by atoms with Gasteiger partial charge in [0.25, 0.3) is 5.91 Å². The van der Waals surface area contributed by atoms with Gasteiger partial charge in [-0.2, -0.15) is 15.4 Å². The molecule has 1 amide bonds. The number of benzene rings is 1. The maximum absolute atomic E-state index is 12.2. The zero-order chi connectivity index (χ0) is 20.7. The lowest BCUT2D eigenvalue weighted by atomic mass is 9.98. The van der Waals surface area contributed by atoms with Crippen molar-refractivity contribution in [2.24, 2.45) is 11.0 Å². The van der Waals surface area contributed by atoms with Crippen molar-refractivity contribution >= 4 is 52.1 Å². The minimum absolute atomic E-state index is 0.0942. The molecule has 29 heavy (non-hydrogen) atoms. The molecular formula is C20H13Cl2N3O4. The molecule has 1 aromatic rings. The lowest BCUT2D eigenvalue weighted by molar-refractivity contribution is -0.124. The van der Waals surface area contributed by atoms with Crippen LogP contribution in [0.1, 0.15) is 25.7 Å². The first-order valence-corrected chi connectivity index (χ1v) is 9.59. The first-order valence-electron chi connectivity index (χ1n) is 8.84. The molecule has 146 valence electrons. The summed E-state index contributed by atoms with van der Waals surface area (Å²) in [7, 11) is 0. The molecule has 1 aliphatic heterocycles. The van der Waals surface area contributed by atoms with Gasteiger partial charge in [0.1, 0.15) is 11.8 Å². The molecule has 1 saturated carbocycles. The lowest BCUT2D eigenvalue weighted by Crippen LogP contribution is -2.36. The number of amides is 1. The molecule has 0 unspecified atom stereocenters. The van der Waals surface area contributed by atoms with E-state index in [4.69, 9.17) is 33.2 Å². The Bertz CT molecular complexity index is 1070. The summed E-state index contributed by atoms with van der Waals surface area (Å²) < 4.78 is 5.82. The highest BCUT2D eigenvalue weighted by atomic mass is 35.5. The van der Waals surface area contributed by atoms with E-state index < -0.39 is 18.1 Å². The third-order valence-electron chi connectivity index (χ3n) is 4.69. The largest absolute Gasteiger partial charge is 0.455 e. The minimum atomic E-state index is -0.636. The van der Waals surface area contributed by atoms with Gasteiger partial charge >= 0.3 is 0 Å². The van der Waals surface area contributed by atoms with Crippen molar-refractivity contribution in [3.8, 4) is 11.8 Å². The second kappa shape index (κ2) is 7.47. The van der Waals surface area contributed by atoms with Gasteiger partial charge in [-0.25, -0.2) is 0 Å². The van der Waals surface area contributed by atoms with Crippen LogP contribution in [0.5, 0.6) is 5.75 Å². The second-order valence-electron chi connectivity index (χ2n) is 6.81. The SMILES string of the molecule is N#CC1=NN(c2cc(Cl)c(OC3=CCC(=O)C(C4CC4)=C3)c(Cl)c2)C(=O)CC1=O. The number of anilines is 1. The van der Waals surface area contributed by atoms with E-state index in [2.05, 4.69) is 5.10 Å². The number of hydrogen-bond acceptors (Lipinski definition) is 6. The molecule has 1 aromatic carbocycles. The maximum atomic E-state index is 12.2. The molecule has 1 fully saturated rings. The minimum Gasteiger partial charge on any atom is -0.455 e. The number of ether oxygens (including phenoxy) is 1. The van der Waals surface area contributed by atoms with Crippen LogP contribution in [0.4, 0.5) is 5.69 Å². The van der Waals surface area contributed by atoms with E-state index in [9.17, 15) is 14.4 Å². The number of hydrogen-bond donors (Lipinski definition) is 0. The van der Waals surface area contributed by atoms with Gasteiger partial charge in [0, 0.05) is 12.0 Å². The number of rotatable bonds is 4. The summed E-state index contributed by atoms with van der Waals surface area (Å²) in [6.45, 7) is 0. The molecule has 0 saturated heterocycles. The van der Waals surface area contributed by atoms with E-state index in [1.54, 1.807) is 18.2 Å². The predicted octanol–water partition coefficient (Wildman–Crippen LogP) is 3.75. The molecule has 0 aromatic heterocycles. The predicted molar refractivity (Wildman–Crippen MR) is 106 cm³/mol. The Labute approximate surface area is 175 Å². The van der Waals surface area contributed by atoms with Gasteiger partial charge in [-0.3, -0.25) is 14.4 Å². The quantitative estimate of drug-likeness (QED) is 0.678. The molecule has 1 heterocycles. The van der Waals surface area contributed by atoms with Crippen LogP contribution in [0.2, 0.25) is 10.0 Å². The van der Waals surface area contributed by atoms with Crippen molar-refractivity contribution in [1.29, 1.82) is 5.26 Å². The highest BCUT2D eigenvalue weighted by Crippen LogP contribution is 2.42. The molecule has 0 N–H and O–H groups in total. The normalized spacial score (nSPS) is 19.4. The first-order chi connectivity index (χ1) is 13.9. The van der Waals surface area contributed by atoms with Crippen LogP contribution in [0.3, 0.4) is 0 Å². The number of ketones is 2. The van der Waals surface area contributed by atoms with Crippen molar-refractivity contribution in [2.75, 3.05) is 5.01 Å². The Hall–Kier alpha value is -2.95. The van der Waals surface area contributed by atoms with E-state index in [1.165, 1.54) is 12.1 Å². The molecule has 2 aliphatic carbocycles. The maximum Gasteiger partial charge on any atom is 0.255 e. The Morgan fingerprint density at radius 3 is 2.45 bits per heavy atom. The number of carbonyl (C=O) groups is 3. The third-order valence-corrected chi connectivity index (χ3v) is 5.25. The summed E-state index contributed by atoms with van der Waals surface area (Å²) in [5.41, 5.74) is 0.597. The van der Waals surface area contributed by atoms with Crippen LogP contribution in [0.25, 0.3) is 0 Å². The molecule has 0 atom stereocenters. The fourth-order valence-corrected chi connectivity index (χ4v) is 3.65. The zero-order valence-electron chi connectivity index (χ0n) is 14.9. The van der Waals surface area contributed by atoms with Gasteiger partial charge in [0.05, 0.1) is 22.2 Å². The Morgan fingerprint density at radius 2 is 1.83 bits per heavy atom. The molecule has 3 aliphatic rings. The fourth-order valence-electron chi connectivity index (χ4n) is 3.09. The molecule has 0 spiro atoms. The fraction of sp³-hybridized carbons (Fsp3) is 0.250. The molecule has 9 heteroatoms. The van der Waals surface area contributed by atoms with Crippen LogP contribution in [-0.4, -0.2) is 23.2 Å². The zero-order valence-corrected chi connectivity index (χ0v) is 16.5. The number of Topliss-reactive ketones (excluding diaryl/α,β-unsaturated/α-hetero) is 2. The second-order valence-corrected chi connectivity index (χ2v) is 7.63. The van der Waals surface area contributed by atoms with Gasteiger partial charge in [-0.15, -0.1) is 0 Å². The van der Waals surface area contributed by atoms with Crippen LogP contribution in [-0.2, 0) is 14.4 Å². The molecule has 4 rings (SSSR count). The Balaban J connectivity index is 1.62. The van der Waals surface area contributed by atoms with E-state index in [0.717, 1.165) is 23.4 Å². The average molecular weight is 430 g/mol. The number of nitrogens with zero attached hydrogens (tertiary/aromatic N) is 3. The van der Waals surface area contributed by atoms with Crippen LogP contribution >= 0.6 is 23.2 Å². The smallest absolute Gasteiger partial charge is 0.255 e. The van der Waals surface area contributed by atoms with E-state index in [1.807, 2.05) is 0 Å². The number of nitriles is 1. The van der Waals surface area contributed by atoms with Crippen molar-refractivity contribution < 1.29 is 19.1 Å². The monoisotopic (exact) mass is 429 g/mol. The Kier molecular flexibility index (Phi) is 4.99. The lowest BCUT2D eigenvalue weighted by Gasteiger charge is -2.22. The highest BCUT2D eigenvalue weighted by molar-refractivity contribution is 6.50. The number of allylic oxidation sites excluding steroid dienone is 3. The summed E-state index contributed by atoms with van der Waals surface area (Å²) in [6.07, 6.45) is 5.17. The molecule has 7 nitrogen and oxygen atoms in total. The first kappa shape index (κ1) is 19.4. The molecule has 0 radical (unpaired) electrons. The summed E-state index contributed by atoms with van der Waals surface area (Å²) >= 11 is 12.6. The summed E-state index contributed by atoms with van der Waals surface area (Å²) in [4.78, 5) is 35.8. The van der Waals surface area contributed by atoms with Crippen molar-refractivity contribution in [2.45, 2.75) is 25.7 Å². The van der Waals surface area contributed by atoms with Crippen molar-refractivity contribution in [1.82, 2.24) is 0 Å². The number of carbonyl (C=O) groups excluding carboxylic acids is 3. The Morgan fingerprint density at radius 1 is 1.14 bits per heavy atom. The van der Waals surface area contributed by atoms with Crippen molar-refractivity contribution in [3.05, 3.63) is 45.7 Å². The van der Waals surface area contributed by atoms with E-state index >= 15 is 0 Å². The van der Waals surface area contributed by atoms with E-state index in [-0.39, 0.29) is 39.4 Å². The van der Waals surface area contributed by atoms with Crippen molar-refractivity contribution in [3.63, 3.8) is 0 Å².